The van der Waals surface area contributed by atoms with E-state index in [4.69, 9.17) is 4.74 Å². The zero-order valence-corrected chi connectivity index (χ0v) is 16.5. The lowest BCUT2D eigenvalue weighted by Gasteiger charge is -2.17. The van der Waals surface area contributed by atoms with E-state index in [1.54, 1.807) is 38.3 Å². The quantitative estimate of drug-likeness (QED) is 0.689. The maximum atomic E-state index is 12.7. The molecule has 0 spiro atoms. The molecule has 4 nitrogen and oxygen atoms in total. The molecule has 0 aromatic heterocycles. The van der Waals surface area contributed by atoms with E-state index < -0.39 is 10.0 Å². The second kappa shape index (κ2) is 7.09. The number of hydrogen-bond acceptors (Lipinski definition) is 3. The second-order valence-electron chi connectivity index (χ2n) is 5.63. The van der Waals surface area contributed by atoms with Gasteiger partial charge in [0.1, 0.15) is 5.75 Å². The number of methoxy groups -OCH3 is 1. The number of anilines is 1. The predicted octanol–water partition coefficient (Wildman–Crippen LogP) is 4.53. The minimum Gasteiger partial charge on any atom is -0.496 e. The average molecular weight is 445 g/mol. The number of halogens is 1. The van der Waals surface area contributed by atoms with Gasteiger partial charge in [-0.05, 0) is 83.0 Å². The van der Waals surface area contributed by atoms with Crippen LogP contribution in [-0.2, 0) is 10.0 Å². The summed E-state index contributed by atoms with van der Waals surface area (Å²) in [5, 5.41) is 0. The fourth-order valence-corrected chi connectivity index (χ4v) is 4.00. The standard InChI is InChI=1S/C17H20INO3S/c1-11(2)15-10-17(12(3)9-16(15)22-4)23(20,21)19-14-7-5-13(18)6-8-14/h5-11,19H,1-4H3. The van der Waals surface area contributed by atoms with Crippen molar-refractivity contribution < 1.29 is 13.2 Å². The molecule has 0 atom stereocenters. The van der Waals surface area contributed by atoms with Gasteiger partial charge in [-0.15, -0.1) is 0 Å². The Morgan fingerprint density at radius 2 is 1.74 bits per heavy atom. The van der Waals surface area contributed by atoms with E-state index >= 15 is 0 Å². The van der Waals surface area contributed by atoms with Gasteiger partial charge in [0, 0.05) is 9.26 Å². The summed E-state index contributed by atoms with van der Waals surface area (Å²) in [7, 11) is -2.05. The van der Waals surface area contributed by atoms with Crippen molar-refractivity contribution in [1.29, 1.82) is 0 Å². The van der Waals surface area contributed by atoms with E-state index in [-0.39, 0.29) is 10.8 Å². The zero-order valence-electron chi connectivity index (χ0n) is 13.6. The summed E-state index contributed by atoms with van der Waals surface area (Å²) in [6.07, 6.45) is 0. The van der Waals surface area contributed by atoms with Crippen molar-refractivity contribution in [3.05, 3.63) is 51.1 Å². The molecular formula is C17H20INO3S. The Bertz CT molecular complexity index is 799. The molecule has 0 unspecified atom stereocenters. The molecule has 2 rings (SSSR count). The largest absolute Gasteiger partial charge is 0.496 e. The van der Waals surface area contributed by atoms with E-state index in [9.17, 15) is 8.42 Å². The van der Waals surface area contributed by atoms with Crippen LogP contribution in [0.25, 0.3) is 0 Å². The number of sulfonamides is 1. The molecule has 0 heterocycles. The van der Waals surface area contributed by atoms with Crippen LogP contribution < -0.4 is 9.46 Å². The molecule has 1 N–H and O–H groups in total. The number of rotatable bonds is 5. The summed E-state index contributed by atoms with van der Waals surface area (Å²) in [6, 6.07) is 10.7. The second-order valence-corrected chi connectivity index (χ2v) is 8.52. The first-order valence-electron chi connectivity index (χ1n) is 7.21. The Hall–Kier alpha value is -1.28. The summed E-state index contributed by atoms with van der Waals surface area (Å²) < 4.78 is 34.5. The highest BCUT2D eigenvalue weighted by atomic mass is 127. The predicted molar refractivity (Wildman–Crippen MR) is 102 cm³/mol. The van der Waals surface area contributed by atoms with E-state index in [1.165, 1.54) is 0 Å². The lowest BCUT2D eigenvalue weighted by Crippen LogP contribution is -2.15. The van der Waals surface area contributed by atoms with Gasteiger partial charge in [-0.1, -0.05) is 13.8 Å². The first-order valence-corrected chi connectivity index (χ1v) is 9.77. The highest BCUT2D eigenvalue weighted by molar-refractivity contribution is 14.1. The topological polar surface area (TPSA) is 55.4 Å². The van der Waals surface area contributed by atoms with Crippen molar-refractivity contribution in [1.82, 2.24) is 0 Å². The van der Waals surface area contributed by atoms with Crippen LogP contribution in [-0.4, -0.2) is 15.5 Å². The highest BCUT2D eigenvalue weighted by Crippen LogP contribution is 2.32. The molecule has 2 aromatic carbocycles. The van der Waals surface area contributed by atoms with Gasteiger partial charge in [0.25, 0.3) is 10.0 Å². The molecular weight excluding hydrogens is 425 g/mol. The van der Waals surface area contributed by atoms with Crippen molar-refractivity contribution in [2.45, 2.75) is 31.6 Å². The molecule has 0 aliphatic rings. The molecule has 0 saturated carbocycles. The van der Waals surface area contributed by atoms with Crippen LogP contribution in [0.5, 0.6) is 5.75 Å². The molecule has 0 amide bonds. The van der Waals surface area contributed by atoms with Gasteiger partial charge >= 0.3 is 0 Å². The van der Waals surface area contributed by atoms with Crippen molar-refractivity contribution in [3.8, 4) is 5.75 Å². The zero-order chi connectivity index (χ0) is 17.2. The minimum absolute atomic E-state index is 0.165. The normalized spacial score (nSPS) is 11.6. The fourth-order valence-electron chi connectivity index (χ4n) is 2.32. The molecule has 23 heavy (non-hydrogen) atoms. The van der Waals surface area contributed by atoms with E-state index in [0.717, 1.165) is 9.13 Å². The molecule has 0 bridgehead atoms. The Kier molecular flexibility index (Phi) is 5.57. The average Bonchev–Trinajstić information content (AvgIpc) is 2.48. The monoisotopic (exact) mass is 445 g/mol. The van der Waals surface area contributed by atoms with Gasteiger partial charge in [0.2, 0.25) is 0 Å². The third-order valence-electron chi connectivity index (χ3n) is 3.54. The van der Waals surface area contributed by atoms with E-state index in [0.29, 0.717) is 17.0 Å². The van der Waals surface area contributed by atoms with E-state index in [1.807, 2.05) is 26.0 Å². The summed E-state index contributed by atoms with van der Waals surface area (Å²) in [6.45, 7) is 5.79. The number of benzene rings is 2. The molecule has 6 heteroatoms. The maximum Gasteiger partial charge on any atom is 0.262 e. The van der Waals surface area contributed by atoms with Crippen LogP contribution in [0.3, 0.4) is 0 Å². The summed E-state index contributed by atoms with van der Waals surface area (Å²) in [4.78, 5) is 0.278. The smallest absolute Gasteiger partial charge is 0.262 e. The van der Waals surface area contributed by atoms with Gasteiger partial charge < -0.3 is 4.74 Å². The van der Waals surface area contributed by atoms with Gasteiger partial charge in [-0.25, -0.2) is 8.42 Å². The Labute approximate surface area is 151 Å². The van der Waals surface area contributed by atoms with Crippen LogP contribution in [0.4, 0.5) is 5.69 Å². The molecule has 0 radical (unpaired) electrons. The van der Waals surface area contributed by atoms with Crippen molar-refractivity contribution in [3.63, 3.8) is 0 Å². The molecule has 124 valence electrons. The third kappa shape index (κ3) is 4.17. The van der Waals surface area contributed by atoms with Gasteiger partial charge in [0.05, 0.1) is 12.0 Å². The Balaban J connectivity index is 2.46. The maximum absolute atomic E-state index is 12.7. The summed E-state index contributed by atoms with van der Waals surface area (Å²) in [5.74, 6) is 0.878. The molecule has 0 aliphatic carbocycles. The van der Waals surface area contributed by atoms with Crippen LogP contribution in [0.1, 0.15) is 30.9 Å². The van der Waals surface area contributed by atoms with E-state index in [2.05, 4.69) is 27.3 Å². The van der Waals surface area contributed by atoms with Gasteiger partial charge in [0.15, 0.2) is 0 Å². The van der Waals surface area contributed by atoms with Crippen molar-refractivity contribution in [2.24, 2.45) is 0 Å². The highest BCUT2D eigenvalue weighted by Gasteiger charge is 2.21. The number of hydrogen-bond donors (Lipinski definition) is 1. The Morgan fingerprint density at radius 3 is 2.26 bits per heavy atom. The molecule has 0 saturated heterocycles. The lowest BCUT2D eigenvalue weighted by molar-refractivity contribution is 0.406. The number of ether oxygens (including phenoxy) is 1. The SMILES string of the molecule is COc1cc(C)c(S(=O)(=O)Nc2ccc(I)cc2)cc1C(C)C. The van der Waals surface area contributed by atoms with Gasteiger partial charge in [-0.3, -0.25) is 4.72 Å². The third-order valence-corrected chi connectivity index (χ3v) is 5.78. The van der Waals surface area contributed by atoms with Crippen LogP contribution >= 0.6 is 22.6 Å². The fraction of sp³-hybridized carbons (Fsp3) is 0.294. The van der Waals surface area contributed by atoms with Gasteiger partial charge in [-0.2, -0.15) is 0 Å². The summed E-state index contributed by atoms with van der Waals surface area (Å²) in [5.41, 5.74) is 2.08. The number of nitrogens with one attached hydrogen (secondary N) is 1. The minimum atomic E-state index is -3.65. The van der Waals surface area contributed by atoms with Crippen molar-refractivity contribution in [2.75, 3.05) is 11.8 Å². The molecule has 0 fully saturated rings. The van der Waals surface area contributed by atoms with Crippen molar-refractivity contribution >= 4 is 38.3 Å². The first kappa shape index (κ1) is 18.1. The van der Waals surface area contributed by atoms with Crippen LogP contribution in [0.15, 0.2) is 41.3 Å². The Morgan fingerprint density at radius 1 is 1.13 bits per heavy atom. The molecule has 0 aliphatic heterocycles. The number of aryl methyl sites for hydroxylation is 1. The first-order chi connectivity index (χ1) is 10.7. The molecule has 2 aromatic rings. The summed E-state index contributed by atoms with van der Waals surface area (Å²) >= 11 is 2.18. The van der Waals surface area contributed by atoms with Crippen LogP contribution in [0, 0.1) is 10.5 Å². The lowest BCUT2D eigenvalue weighted by atomic mass is 10.0. The van der Waals surface area contributed by atoms with Crippen LogP contribution in [0.2, 0.25) is 0 Å².